The Balaban J connectivity index is 2.34. The Kier molecular flexibility index (Phi) is 4.87. The highest BCUT2D eigenvalue weighted by molar-refractivity contribution is 5.98. The third-order valence-electron chi connectivity index (χ3n) is 3.99. The molecule has 0 saturated carbocycles. The molecule has 0 aliphatic carbocycles. The van der Waals surface area contributed by atoms with E-state index in [9.17, 15) is 14.9 Å². The number of benzene rings is 1. The third-order valence-corrected chi connectivity index (χ3v) is 3.99. The van der Waals surface area contributed by atoms with E-state index in [1.807, 2.05) is 27.8 Å². The molecule has 1 N–H and O–H groups in total. The average molecular weight is 332 g/mol. The van der Waals surface area contributed by atoms with Gasteiger partial charge in [0.2, 0.25) is 0 Å². The number of amides is 1. The van der Waals surface area contributed by atoms with E-state index < -0.39 is 10.8 Å². The summed E-state index contributed by atoms with van der Waals surface area (Å²) in [5, 5.41) is 18.3. The summed E-state index contributed by atoms with van der Waals surface area (Å²) in [5.74, 6) is -0.150. The second-order valence-corrected chi connectivity index (χ2v) is 5.54. The first kappa shape index (κ1) is 17.5. The van der Waals surface area contributed by atoms with Gasteiger partial charge >= 0.3 is 0 Å². The van der Waals surface area contributed by atoms with Gasteiger partial charge in [-0.2, -0.15) is 5.10 Å². The first-order valence-corrected chi connectivity index (χ1v) is 7.39. The van der Waals surface area contributed by atoms with Crippen molar-refractivity contribution < 1.29 is 14.5 Å². The Hall–Kier alpha value is -2.90. The summed E-state index contributed by atoms with van der Waals surface area (Å²) in [4.78, 5) is 23.1. The van der Waals surface area contributed by atoms with Crippen molar-refractivity contribution in [1.29, 1.82) is 0 Å². The molecule has 1 amide bonds. The molecule has 1 aromatic carbocycles. The van der Waals surface area contributed by atoms with E-state index in [2.05, 4.69) is 10.4 Å². The van der Waals surface area contributed by atoms with Gasteiger partial charge in [0.1, 0.15) is 11.3 Å². The van der Waals surface area contributed by atoms with Gasteiger partial charge in [0, 0.05) is 24.4 Å². The molecule has 0 aliphatic heterocycles. The van der Waals surface area contributed by atoms with Crippen molar-refractivity contribution in [3.63, 3.8) is 0 Å². The lowest BCUT2D eigenvalue weighted by Gasteiger charge is -2.15. The van der Waals surface area contributed by atoms with Gasteiger partial charge in [-0.05, 0) is 32.9 Å². The lowest BCUT2D eigenvalue weighted by Crippen LogP contribution is -2.28. The number of hydrogen-bond donors (Lipinski definition) is 1. The molecule has 8 nitrogen and oxygen atoms in total. The zero-order valence-corrected chi connectivity index (χ0v) is 14.3. The lowest BCUT2D eigenvalue weighted by atomic mass is 10.1. The van der Waals surface area contributed by atoms with Crippen LogP contribution in [0.2, 0.25) is 0 Å². The number of hydrogen-bond acceptors (Lipinski definition) is 5. The van der Waals surface area contributed by atoms with E-state index in [0.717, 1.165) is 17.0 Å². The fourth-order valence-corrected chi connectivity index (χ4v) is 2.75. The second-order valence-electron chi connectivity index (χ2n) is 5.54. The molecule has 0 radical (unpaired) electrons. The van der Waals surface area contributed by atoms with E-state index in [4.69, 9.17) is 4.74 Å². The van der Waals surface area contributed by atoms with Crippen molar-refractivity contribution in [1.82, 2.24) is 15.1 Å². The quantitative estimate of drug-likeness (QED) is 0.669. The smallest absolute Gasteiger partial charge is 0.282 e. The molecular formula is C16H20N4O4. The Morgan fingerprint density at radius 3 is 2.58 bits per heavy atom. The minimum Gasteiger partial charge on any atom is -0.497 e. The van der Waals surface area contributed by atoms with E-state index in [0.29, 0.717) is 5.75 Å². The van der Waals surface area contributed by atoms with Crippen molar-refractivity contribution in [3.05, 3.63) is 50.8 Å². The maximum atomic E-state index is 12.6. The number of methoxy groups -OCH3 is 1. The highest BCUT2D eigenvalue weighted by Crippen LogP contribution is 2.26. The fraction of sp³-hybridized carbons (Fsp3) is 0.375. The molecule has 0 spiro atoms. The normalized spacial score (nSPS) is 11.9. The highest BCUT2D eigenvalue weighted by atomic mass is 16.6. The lowest BCUT2D eigenvalue weighted by molar-refractivity contribution is -0.385. The van der Waals surface area contributed by atoms with Crippen molar-refractivity contribution in [2.45, 2.75) is 26.8 Å². The summed E-state index contributed by atoms with van der Waals surface area (Å²) in [5.41, 5.74) is 2.34. The van der Waals surface area contributed by atoms with E-state index in [1.54, 1.807) is 4.68 Å². The summed E-state index contributed by atoms with van der Waals surface area (Å²) < 4.78 is 6.79. The maximum Gasteiger partial charge on any atom is 0.282 e. The number of nitro benzene ring substituents is 1. The molecule has 1 atom stereocenters. The molecule has 2 aromatic rings. The maximum absolute atomic E-state index is 12.6. The number of carbonyl (C=O) groups is 1. The number of aromatic nitrogens is 2. The first-order valence-electron chi connectivity index (χ1n) is 7.39. The minimum atomic E-state index is -0.584. The van der Waals surface area contributed by atoms with Crippen molar-refractivity contribution in [2.24, 2.45) is 7.05 Å². The van der Waals surface area contributed by atoms with Crippen LogP contribution >= 0.6 is 0 Å². The van der Waals surface area contributed by atoms with Crippen LogP contribution in [-0.2, 0) is 7.05 Å². The fourth-order valence-electron chi connectivity index (χ4n) is 2.75. The zero-order valence-electron chi connectivity index (χ0n) is 14.3. The Morgan fingerprint density at radius 1 is 1.42 bits per heavy atom. The van der Waals surface area contributed by atoms with Crippen LogP contribution < -0.4 is 10.1 Å². The van der Waals surface area contributed by atoms with Gasteiger partial charge in [-0.3, -0.25) is 19.6 Å². The standard InChI is InChI=1S/C16H20N4O4/c1-9(15-10(2)18-19(4)11(15)3)17-16(21)13-8-12(24-5)6-7-14(13)20(22)23/h6-9H,1-5H3,(H,17,21)/t9-/m1/s1. The molecule has 128 valence electrons. The van der Waals surface area contributed by atoms with Gasteiger partial charge in [0.25, 0.3) is 11.6 Å². The Bertz CT molecular complexity index is 798. The Morgan fingerprint density at radius 2 is 2.08 bits per heavy atom. The predicted octanol–water partition coefficient (Wildman–Crippen LogP) is 2.44. The Labute approximate surface area is 139 Å². The second kappa shape index (κ2) is 6.69. The molecule has 0 bridgehead atoms. The molecule has 2 rings (SSSR count). The summed E-state index contributed by atoms with van der Waals surface area (Å²) in [6.45, 7) is 5.59. The number of carbonyl (C=O) groups excluding carboxylic acids is 1. The number of ether oxygens (including phenoxy) is 1. The topological polar surface area (TPSA) is 99.3 Å². The summed E-state index contributed by atoms with van der Waals surface area (Å²) in [6, 6.07) is 3.74. The van der Waals surface area contributed by atoms with Gasteiger partial charge in [0.05, 0.1) is 23.8 Å². The van der Waals surface area contributed by atoms with Crippen LogP contribution in [0, 0.1) is 24.0 Å². The molecule has 0 saturated heterocycles. The zero-order chi connectivity index (χ0) is 18.0. The number of nitro groups is 1. The minimum absolute atomic E-state index is 0.0367. The molecule has 1 aromatic heterocycles. The van der Waals surface area contributed by atoms with Crippen LogP contribution in [0.1, 0.15) is 40.3 Å². The molecule has 24 heavy (non-hydrogen) atoms. The van der Waals surface area contributed by atoms with Crippen LogP contribution in [0.5, 0.6) is 5.75 Å². The van der Waals surface area contributed by atoms with Crippen LogP contribution in [0.25, 0.3) is 0 Å². The third kappa shape index (κ3) is 3.22. The highest BCUT2D eigenvalue weighted by Gasteiger charge is 2.24. The molecular weight excluding hydrogens is 312 g/mol. The first-order chi connectivity index (χ1) is 11.3. The van der Waals surface area contributed by atoms with Gasteiger partial charge < -0.3 is 10.1 Å². The predicted molar refractivity (Wildman–Crippen MR) is 88.2 cm³/mol. The number of aryl methyl sites for hydroxylation is 2. The summed E-state index contributed by atoms with van der Waals surface area (Å²) >= 11 is 0. The van der Waals surface area contributed by atoms with Gasteiger partial charge in [-0.15, -0.1) is 0 Å². The SMILES string of the molecule is COc1ccc([N+](=O)[O-])c(C(=O)N[C@H](C)c2c(C)nn(C)c2C)c1. The number of rotatable bonds is 5. The van der Waals surface area contributed by atoms with Gasteiger partial charge in [-0.1, -0.05) is 0 Å². The van der Waals surface area contributed by atoms with E-state index in [-0.39, 0.29) is 17.3 Å². The number of nitrogens with zero attached hydrogens (tertiary/aromatic N) is 3. The summed E-state index contributed by atoms with van der Waals surface area (Å²) in [6.07, 6.45) is 0. The molecule has 0 aliphatic rings. The monoisotopic (exact) mass is 332 g/mol. The van der Waals surface area contributed by atoms with Crippen LogP contribution in [0.4, 0.5) is 5.69 Å². The van der Waals surface area contributed by atoms with E-state index in [1.165, 1.54) is 25.3 Å². The van der Waals surface area contributed by atoms with Crippen molar-refractivity contribution >= 4 is 11.6 Å². The van der Waals surface area contributed by atoms with Gasteiger partial charge in [0.15, 0.2) is 0 Å². The molecule has 0 fully saturated rings. The van der Waals surface area contributed by atoms with Gasteiger partial charge in [-0.25, -0.2) is 0 Å². The average Bonchev–Trinajstić information content (AvgIpc) is 2.79. The molecule has 0 unspecified atom stereocenters. The van der Waals surface area contributed by atoms with Crippen LogP contribution in [0.15, 0.2) is 18.2 Å². The molecule has 8 heteroatoms. The van der Waals surface area contributed by atoms with Crippen molar-refractivity contribution in [3.8, 4) is 5.75 Å². The van der Waals surface area contributed by atoms with Crippen LogP contribution in [0.3, 0.4) is 0 Å². The molecule has 1 heterocycles. The largest absolute Gasteiger partial charge is 0.497 e. The van der Waals surface area contributed by atoms with Crippen molar-refractivity contribution in [2.75, 3.05) is 7.11 Å². The van der Waals surface area contributed by atoms with E-state index >= 15 is 0 Å². The number of nitrogens with one attached hydrogen (secondary N) is 1. The summed E-state index contributed by atoms with van der Waals surface area (Å²) in [7, 11) is 3.26. The van der Waals surface area contributed by atoms with Crippen LogP contribution in [-0.4, -0.2) is 27.7 Å².